The van der Waals surface area contributed by atoms with Crippen molar-refractivity contribution < 1.29 is 4.79 Å². The predicted octanol–water partition coefficient (Wildman–Crippen LogP) is 3.43. The van der Waals surface area contributed by atoms with Crippen LogP contribution in [0.5, 0.6) is 0 Å². The minimum Gasteiger partial charge on any atom is -0.303 e. The van der Waals surface area contributed by atoms with Gasteiger partial charge in [-0.1, -0.05) is 41.0 Å². The molecule has 1 unspecified atom stereocenters. The summed E-state index contributed by atoms with van der Waals surface area (Å²) in [6.45, 7) is 11.1. The third-order valence-corrected chi connectivity index (χ3v) is 3.96. The molecular weight excluding hydrogens is 160 g/mol. The molecule has 1 saturated carbocycles. The fraction of sp³-hybridized carbons (Fsp3) is 0.917. The molecule has 1 fully saturated rings. The lowest BCUT2D eigenvalue weighted by Crippen LogP contribution is -2.21. The maximum atomic E-state index is 11.1. The lowest BCUT2D eigenvalue weighted by molar-refractivity contribution is -0.114. The summed E-state index contributed by atoms with van der Waals surface area (Å²) in [6.07, 6.45) is 4.48. The van der Waals surface area contributed by atoms with Gasteiger partial charge in [0, 0.05) is 5.41 Å². The Morgan fingerprint density at radius 2 is 1.85 bits per heavy atom. The molecule has 0 aliphatic heterocycles. The summed E-state index contributed by atoms with van der Waals surface area (Å²) < 4.78 is 0. The first kappa shape index (κ1) is 10.7. The van der Waals surface area contributed by atoms with E-state index in [-0.39, 0.29) is 10.8 Å². The first-order valence-corrected chi connectivity index (χ1v) is 5.25. The molecule has 0 amide bonds. The molecule has 0 spiro atoms. The maximum Gasteiger partial charge on any atom is 0.126 e. The average molecular weight is 182 g/mol. The minimum absolute atomic E-state index is 0.00743. The minimum atomic E-state index is -0.00743. The zero-order valence-electron chi connectivity index (χ0n) is 9.61. The summed E-state index contributed by atoms with van der Waals surface area (Å²) >= 11 is 0. The fourth-order valence-corrected chi connectivity index (χ4v) is 2.27. The van der Waals surface area contributed by atoms with E-state index in [2.05, 4.69) is 34.6 Å². The van der Waals surface area contributed by atoms with Crippen LogP contribution in [0.2, 0.25) is 0 Å². The Bertz CT molecular complexity index is 215. The van der Waals surface area contributed by atoms with Crippen molar-refractivity contribution in [2.45, 2.75) is 53.9 Å². The molecule has 13 heavy (non-hydrogen) atoms. The molecule has 1 atom stereocenters. The van der Waals surface area contributed by atoms with E-state index < -0.39 is 0 Å². The highest BCUT2D eigenvalue weighted by Crippen LogP contribution is 2.66. The van der Waals surface area contributed by atoms with Crippen LogP contribution in [-0.4, -0.2) is 6.29 Å². The Morgan fingerprint density at radius 1 is 1.38 bits per heavy atom. The van der Waals surface area contributed by atoms with Crippen LogP contribution in [0.25, 0.3) is 0 Å². The molecule has 1 heteroatoms. The van der Waals surface area contributed by atoms with Gasteiger partial charge in [0.1, 0.15) is 6.29 Å². The van der Waals surface area contributed by atoms with E-state index in [9.17, 15) is 4.79 Å². The third-order valence-electron chi connectivity index (χ3n) is 3.96. The van der Waals surface area contributed by atoms with Crippen molar-refractivity contribution in [3.63, 3.8) is 0 Å². The van der Waals surface area contributed by atoms with Crippen molar-refractivity contribution in [3.8, 4) is 0 Å². The monoisotopic (exact) mass is 182 g/mol. The van der Waals surface area contributed by atoms with Crippen molar-refractivity contribution in [1.82, 2.24) is 0 Å². The molecular formula is C12H22O. The third kappa shape index (κ3) is 1.79. The van der Waals surface area contributed by atoms with Gasteiger partial charge in [-0.15, -0.1) is 0 Å². The molecule has 1 aliphatic rings. The van der Waals surface area contributed by atoms with Crippen LogP contribution in [0, 0.1) is 16.2 Å². The van der Waals surface area contributed by atoms with E-state index in [1.807, 2.05) is 0 Å². The number of carbonyl (C=O) groups is 1. The standard InChI is InChI=1S/C12H22O/c1-6-10(2,3)7-12(9-13)8-11(12,4)5/h9H,6-8H2,1-5H3. The van der Waals surface area contributed by atoms with E-state index in [0.717, 1.165) is 19.3 Å². The van der Waals surface area contributed by atoms with E-state index in [4.69, 9.17) is 0 Å². The van der Waals surface area contributed by atoms with Gasteiger partial charge in [0.15, 0.2) is 0 Å². The second-order valence-corrected chi connectivity index (χ2v) is 6.03. The summed E-state index contributed by atoms with van der Waals surface area (Å²) in [6, 6.07) is 0. The summed E-state index contributed by atoms with van der Waals surface area (Å²) in [7, 11) is 0. The summed E-state index contributed by atoms with van der Waals surface area (Å²) in [4.78, 5) is 11.1. The van der Waals surface area contributed by atoms with Crippen molar-refractivity contribution in [1.29, 1.82) is 0 Å². The van der Waals surface area contributed by atoms with Crippen LogP contribution in [-0.2, 0) is 4.79 Å². The molecule has 1 aliphatic carbocycles. The highest BCUT2D eigenvalue weighted by molar-refractivity contribution is 5.66. The number of hydrogen-bond acceptors (Lipinski definition) is 1. The van der Waals surface area contributed by atoms with Gasteiger partial charge in [0.2, 0.25) is 0 Å². The maximum absolute atomic E-state index is 11.1. The van der Waals surface area contributed by atoms with Crippen LogP contribution in [0.1, 0.15) is 53.9 Å². The van der Waals surface area contributed by atoms with Gasteiger partial charge in [-0.05, 0) is 23.7 Å². The number of aldehydes is 1. The van der Waals surface area contributed by atoms with Crippen molar-refractivity contribution in [2.75, 3.05) is 0 Å². The number of rotatable bonds is 4. The lowest BCUT2D eigenvalue weighted by atomic mass is 9.77. The highest BCUT2D eigenvalue weighted by Gasteiger charge is 2.62. The molecule has 76 valence electrons. The zero-order chi connectivity index (χ0) is 10.3. The molecule has 0 heterocycles. The molecule has 0 saturated heterocycles. The number of carbonyl (C=O) groups excluding carboxylic acids is 1. The van der Waals surface area contributed by atoms with Gasteiger partial charge in [-0.3, -0.25) is 0 Å². The van der Waals surface area contributed by atoms with Crippen molar-refractivity contribution >= 4 is 6.29 Å². The molecule has 1 rings (SSSR count). The van der Waals surface area contributed by atoms with Gasteiger partial charge in [-0.2, -0.15) is 0 Å². The van der Waals surface area contributed by atoms with Crippen LogP contribution in [0.15, 0.2) is 0 Å². The van der Waals surface area contributed by atoms with Crippen LogP contribution in [0.4, 0.5) is 0 Å². The Kier molecular flexibility index (Phi) is 2.34. The molecule has 0 aromatic rings. The average Bonchev–Trinajstić information content (AvgIpc) is 2.53. The largest absolute Gasteiger partial charge is 0.303 e. The Hall–Kier alpha value is -0.330. The van der Waals surface area contributed by atoms with E-state index in [0.29, 0.717) is 5.41 Å². The molecule has 0 N–H and O–H groups in total. The van der Waals surface area contributed by atoms with Crippen LogP contribution in [0.3, 0.4) is 0 Å². The lowest BCUT2D eigenvalue weighted by Gasteiger charge is -2.27. The second-order valence-electron chi connectivity index (χ2n) is 6.03. The Labute approximate surface area is 81.9 Å². The SMILES string of the molecule is CCC(C)(C)CC1(C=O)CC1(C)C. The summed E-state index contributed by atoms with van der Waals surface area (Å²) in [5, 5.41) is 0. The Balaban J connectivity index is 2.69. The van der Waals surface area contributed by atoms with Gasteiger partial charge < -0.3 is 4.79 Å². The van der Waals surface area contributed by atoms with E-state index >= 15 is 0 Å². The van der Waals surface area contributed by atoms with E-state index in [1.165, 1.54) is 6.29 Å². The first-order valence-electron chi connectivity index (χ1n) is 5.25. The van der Waals surface area contributed by atoms with Gasteiger partial charge >= 0.3 is 0 Å². The van der Waals surface area contributed by atoms with Crippen molar-refractivity contribution in [3.05, 3.63) is 0 Å². The second kappa shape index (κ2) is 2.83. The fourth-order valence-electron chi connectivity index (χ4n) is 2.27. The van der Waals surface area contributed by atoms with Gasteiger partial charge in [-0.25, -0.2) is 0 Å². The molecule has 0 radical (unpaired) electrons. The van der Waals surface area contributed by atoms with E-state index in [1.54, 1.807) is 0 Å². The smallest absolute Gasteiger partial charge is 0.126 e. The summed E-state index contributed by atoms with van der Waals surface area (Å²) in [5.74, 6) is 0. The van der Waals surface area contributed by atoms with Crippen LogP contribution >= 0.6 is 0 Å². The quantitative estimate of drug-likeness (QED) is 0.609. The van der Waals surface area contributed by atoms with Crippen LogP contribution < -0.4 is 0 Å². The Morgan fingerprint density at radius 3 is 2.08 bits per heavy atom. The topological polar surface area (TPSA) is 17.1 Å². The number of hydrogen-bond donors (Lipinski definition) is 0. The molecule has 0 bridgehead atoms. The predicted molar refractivity (Wildman–Crippen MR) is 55.6 cm³/mol. The highest BCUT2D eigenvalue weighted by atomic mass is 16.1. The molecule has 1 nitrogen and oxygen atoms in total. The summed E-state index contributed by atoms with van der Waals surface area (Å²) in [5.41, 5.74) is 0.558. The molecule has 0 aromatic heterocycles. The normalized spacial score (nSPS) is 31.5. The van der Waals surface area contributed by atoms with Gasteiger partial charge in [0.05, 0.1) is 0 Å². The van der Waals surface area contributed by atoms with Gasteiger partial charge in [0.25, 0.3) is 0 Å². The zero-order valence-corrected chi connectivity index (χ0v) is 9.61. The van der Waals surface area contributed by atoms with Crippen molar-refractivity contribution in [2.24, 2.45) is 16.2 Å². The molecule has 0 aromatic carbocycles. The first-order chi connectivity index (χ1) is 5.79.